The van der Waals surface area contributed by atoms with E-state index in [-0.39, 0.29) is 17.8 Å². The van der Waals surface area contributed by atoms with E-state index < -0.39 is 0 Å². The smallest absolute Gasteiger partial charge is 0.221 e. The van der Waals surface area contributed by atoms with Crippen molar-refractivity contribution in [1.82, 2.24) is 24.8 Å². The highest BCUT2D eigenvalue weighted by atomic mass is 19.1. The highest BCUT2D eigenvalue weighted by Gasteiger charge is 2.18. The molecule has 0 spiro atoms. The third kappa shape index (κ3) is 4.04. The summed E-state index contributed by atoms with van der Waals surface area (Å²) in [5, 5.41) is 3.05. The highest BCUT2D eigenvalue weighted by molar-refractivity contribution is 5.77. The summed E-state index contributed by atoms with van der Waals surface area (Å²) in [5.41, 5.74) is 1.35. The predicted octanol–water partition coefficient (Wildman–Crippen LogP) is 3.03. The van der Waals surface area contributed by atoms with Crippen molar-refractivity contribution in [3.05, 3.63) is 48.1 Å². The summed E-state index contributed by atoms with van der Waals surface area (Å²) in [7, 11) is 1.92. The maximum atomic E-state index is 13.2. The van der Waals surface area contributed by atoms with E-state index in [9.17, 15) is 9.18 Å². The van der Waals surface area contributed by atoms with Crippen LogP contribution in [0.3, 0.4) is 0 Å². The molecule has 0 aliphatic carbocycles. The number of hydrogen-bond acceptors (Lipinski definition) is 3. The van der Waals surface area contributed by atoms with E-state index in [1.807, 2.05) is 17.8 Å². The number of aryl methyl sites for hydroxylation is 2. The molecule has 2 aromatic heterocycles. The normalized spacial score (nSPS) is 12.4. The number of benzene rings is 1. The Morgan fingerprint density at radius 1 is 1.44 bits per heavy atom. The van der Waals surface area contributed by atoms with E-state index in [4.69, 9.17) is 0 Å². The van der Waals surface area contributed by atoms with Gasteiger partial charge in [0.25, 0.3) is 0 Å². The van der Waals surface area contributed by atoms with Gasteiger partial charge < -0.3 is 14.9 Å². The number of halogens is 1. The molecule has 3 rings (SSSR count). The Labute approximate surface area is 145 Å². The summed E-state index contributed by atoms with van der Waals surface area (Å²) < 4.78 is 15.1. The van der Waals surface area contributed by atoms with Crippen LogP contribution in [-0.2, 0) is 18.3 Å². The van der Waals surface area contributed by atoms with Gasteiger partial charge in [-0.2, -0.15) is 0 Å². The molecule has 25 heavy (non-hydrogen) atoms. The number of fused-ring (bicyclic) bond motifs is 1. The molecule has 0 saturated carbocycles. The first-order chi connectivity index (χ1) is 12.1. The summed E-state index contributed by atoms with van der Waals surface area (Å²) in [5.74, 6) is 1.18. The molecule has 0 aliphatic rings. The molecule has 1 aromatic carbocycles. The second-order valence-corrected chi connectivity index (χ2v) is 6.15. The first-order valence-corrected chi connectivity index (χ1v) is 8.47. The molecule has 1 unspecified atom stereocenters. The van der Waals surface area contributed by atoms with Crippen molar-refractivity contribution in [2.24, 2.45) is 7.05 Å². The SMILES string of the molecule is CCCC(NC(=O)CCc1nc2ccc(F)cc2[nH]1)c1nccn1C. The number of nitrogens with one attached hydrogen (secondary N) is 2. The molecule has 1 amide bonds. The fourth-order valence-corrected chi connectivity index (χ4v) is 2.92. The Hall–Kier alpha value is -2.70. The average molecular weight is 343 g/mol. The lowest BCUT2D eigenvalue weighted by Crippen LogP contribution is -2.30. The Morgan fingerprint density at radius 2 is 2.28 bits per heavy atom. The Bertz CT molecular complexity index is 869. The van der Waals surface area contributed by atoms with Gasteiger partial charge in [0.05, 0.1) is 17.1 Å². The number of carbonyl (C=O) groups excluding carboxylic acids is 1. The van der Waals surface area contributed by atoms with E-state index in [1.54, 1.807) is 12.3 Å². The molecule has 0 aliphatic heterocycles. The third-order valence-corrected chi connectivity index (χ3v) is 4.16. The van der Waals surface area contributed by atoms with Crippen LogP contribution in [0.25, 0.3) is 11.0 Å². The van der Waals surface area contributed by atoms with Crippen molar-refractivity contribution in [3.8, 4) is 0 Å². The van der Waals surface area contributed by atoms with Gasteiger partial charge in [-0.1, -0.05) is 13.3 Å². The Kier molecular flexibility index (Phi) is 5.11. The first kappa shape index (κ1) is 17.1. The quantitative estimate of drug-likeness (QED) is 0.692. The second kappa shape index (κ2) is 7.46. The van der Waals surface area contributed by atoms with Crippen molar-refractivity contribution in [2.45, 2.75) is 38.6 Å². The summed E-state index contributed by atoms with van der Waals surface area (Å²) in [6.07, 6.45) is 6.18. The summed E-state index contributed by atoms with van der Waals surface area (Å²) in [4.78, 5) is 24.1. The van der Waals surface area contributed by atoms with Gasteiger partial charge in [0, 0.05) is 32.3 Å². The predicted molar refractivity (Wildman–Crippen MR) is 93.4 cm³/mol. The van der Waals surface area contributed by atoms with Gasteiger partial charge in [-0.3, -0.25) is 4.79 Å². The molecule has 0 saturated heterocycles. The van der Waals surface area contributed by atoms with E-state index in [0.29, 0.717) is 29.7 Å². The zero-order valence-corrected chi connectivity index (χ0v) is 14.4. The van der Waals surface area contributed by atoms with Gasteiger partial charge >= 0.3 is 0 Å². The lowest BCUT2D eigenvalue weighted by atomic mass is 10.1. The van der Waals surface area contributed by atoms with Crippen molar-refractivity contribution < 1.29 is 9.18 Å². The first-order valence-electron chi connectivity index (χ1n) is 8.47. The van der Waals surface area contributed by atoms with E-state index in [1.165, 1.54) is 12.1 Å². The fraction of sp³-hybridized carbons (Fsp3) is 0.389. The van der Waals surface area contributed by atoms with Crippen LogP contribution in [0.2, 0.25) is 0 Å². The Balaban J connectivity index is 1.61. The molecule has 132 valence electrons. The molecule has 1 atom stereocenters. The Morgan fingerprint density at radius 3 is 3.00 bits per heavy atom. The van der Waals surface area contributed by atoms with Crippen LogP contribution in [0.1, 0.15) is 43.9 Å². The minimum Gasteiger partial charge on any atom is -0.346 e. The zero-order chi connectivity index (χ0) is 17.8. The third-order valence-electron chi connectivity index (χ3n) is 4.16. The number of nitrogens with zero attached hydrogens (tertiary/aromatic N) is 3. The van der Waals surface area contributed by atoms with E-state index in [2.05, 4.69) is 27.2 Å². The number of carbonyl (C=O) groups is 1. The number of aromatic amines is 1. The fourth-order valence-electron chi connectivity index (χ4n) is 2.92. The van der Waals surface area contributed by atoms with Gasteiger partial charge in [0.2, 0.25) is 5.91 Å². The van der Waals surface area contributed by atoms with Crippen LogP contribution >= 0.6 is 0 Å². The van der Waals surface area contributed by atoms with Crippen molar-refractivity contribution in [1.29, 1.82) is 0 Å². The molecule has 0 radical (unpaired) electrons. The standard InChI is InChI=1S/C18H22FN5O/c1-3-4-14(18-20-9-10-24(18)2)23-17(25)8-7-16-21-13-6-5-12(19)11-15(13)22-16/h5-6,9-11,14H,3-4,7-8H2,1-2H3,(H,21,22)(H,23,25). The summed E-state index contributed by atoms with van der Waals surface area (Å²) >= 11 is 0. The minimum atomic E-state index is -0.307. The van der Waals surface area contributed by atoms with E-state index >= 15 is 0 Å². The second-order valence-electron chi connectivity index (χ2n) is 6.15. The van der Waals surface area contributed by atoms with Gasteiger partial charge in [0.15, 0.2) is 0 Å². The van der Waals surface area contributed by atoms with Crippen molar-refractivity contribution in [3.63, 3.8) is 0 Å². The number of aromatic nitrogens is 4. The highest BCUT2D eigenvalue weighted by Crippen LogP contribution is 2.17. The molecule has 3 aromatic rings. The number of imidazole rings is 2. The summed E-state index contributed by atoms with van der Waals surface area (Å²) in [6, 6.07) is 4.32. The van der Waals surface area contributed by atoms with Crippen LogP contribution in [-0.4, -0.2) is 25.4 Å². The molecule has 0 bridgehead atoms. The van der Waals surface area contributed by atoms with Crippen LogP contribution in [0, 0.1) is 5.82 Å². The minimum absolute atomic E-state index is 0.0481. The van der Waals surface area contributed by atoms with Crippen LogP contribution in [0.4, 0.5) is 4.39 Å². The van der Waals surface area contributed by atoms with Gasteiger partial charge in [-0.15, -0.1) is 0 Å². The topological polar surface area (TPSA) is 75.6 Å². The van der Waals surface area contributed by atoms with Crippen LogP contribution < -0.4 is 5.32 Å². The van der Waals surface area contributed by atoms with Crippen molar-refractivity contribution >= 4 is 16.9 Å². The van der Waals surface area contributed by atoms with Crippen molar-refractivity contribution in [2.75, 3.05) is 0 Å². The van der Waals surface area contributed by atoms with Crippen LogP contribution in [0.5, 0.6) is 0 Å². The molecule has 2 heterocycles. The van der Waals surface area contributed by atoms with Gasteiger partial charge in [-0.25, -0.2) is 14.4 Å². The number of H-pyrrole nitrogens is 1. The summed E-state index contributed by atoms with van der Waals surface area (Å²) in [6.45, 7) is 2.08. The maximum Gasteiger partial charge on any atom is 0.221 e. The molecule has 6 nitrogen and oxygen atoms in total. The zero-order valence-electron chi connectivity index (χ0n) is 14.4. The molecular formula is C18H22FN5O. The monoisotopic (exact) mass is 343 g/mol. The maximum absolute atomic E-state index is 13.2. The number of hydrogen-bond donors (Lipinski definition) is 2. The van der Waals surface area contributed by atoms with Gasteiger partial charge in [-0.05, 0) is 24.6 Å². The lowest BCUT2D eigenvalue weighted by molar-refractivity contribution is -0.122. The van der Waals surface area contributed by atoms with Crippen LogP contribution in [0.15, 0.2) is 30.6 Å². The lowest BCUT2D eigenvalue weighted by Gasteiger charge is -2.17. The number of rotatable bonds is 7. The van der Waals surface area contributed by atoms with E-state index in [0.717, 1.165) is 18.7 Å². The molecular weight excluding hydrogens is 321 g/mol. The largest absolute Gasteiger partial charge is 0.346 e. The number of amides is 1. The molecule has 2 N–H and O–H groups in total. The molecule has 7 heteroatoms. The van der Waals surface area contributed by atoms with Gasteiger partial charge in [0.1, 0.15) is 17.5 Å². The molecule has 0 fully saturated rings. The average Bonchev–Trinajstić information content (AvgIpc) is 3.18.